The Bertz CT molecular complexity index is 1620. The molecule has 0 saturated carbocycles. The summed E-state index contributed by atoms with van der Waals surface area (Å²) in [5.74, 6) is -2.65. The molecule has 3 heterocycles. The van der Waals surface area contributed by atoms with Gasteiger partial charge in [0.1, 0.15) is 5.82 Å². The maximum atomic E-state index is 15.0. The van der Waals surface area contributed by atoms with Crippen molar-refractivity contribution in [2.24, 2.45) is 0 Å². The summed E-state index contributed by atoms with van der Waals surface area (Å²) in [5.41, 5.74) is -0.138. The Kier molecular flexibility index (Phi) is 6.14. The second-order valence-corrected chi connectivity index (χ2v) is 8.02. The Balaban J connectivity index is 1.63. The molecule has 0 atom stereocenters. The van der Waals surface area contributed by atoms with Gasteiger partial charge in [0.25, 0.3) is 5.91 Å². The first kappa shape index (κ1) is 24.1. The molecule has 0 bridgehead atoms. The lowest BCUT2D eigenvalue weighted by Gasteiger charge is -2.16. The zero-order valence-corrected chi connectivity index (χ0v) is 18.9. The highest BCUT2D eigenvalue weighted by atomic mass is 19.4. The van der Waals surface area contributed by atoms with Crippen LogP contribution in [0.15, 0.2) is 79.5 Å². The number of nitrogens with zero attached hydrogens (tertiary/aromatic N) is 4. The van der Waals surface area contributed by atoms with Gasteiger partial charge in [-0.25, -0.2) is 19.3 Å². The summed E-state index contributed by atoms with van der Waals surface area (Å²) in [7, 11) is 0. The molecule has 11 heteroatoms. The van der Waals surface area contributed by atoms with Crippen LogP contribution in [0.1, 0.15) is 21.5 Å². The van der Waals surface area contributed by atoms with Crippen LogP contribution in [0.5, 0.6) is 0 Å². The number of aromatic nitrogens is 4. The van der Waals surface area contributed by atoms with Gasteiger partial charge in [0.05, 0.1) is 23.4 Å². The molecule has 0 fully saturated rings. The van der Waals surface area contributed by atoms with Crippen molar-refractivity contribution in [1.82, 2.24) is 19.4 Å². The number of alkyl halides is 3. The average molecular weight is 507 g/mol. The maximum absolute atomic E-state index is 15.0. The largest absolute Gasteiger partial charge is 0.417 e. The van der Waals surface area contributed by atoms with Crippen LogP contribution in [-0.4, -0.2) is 30.4 Å². The summed E-state index contributed by atoms with van der Waals surface area (Å²) in [6.45, 7) is -0.206. The number of carbonyl (C=O) groups is 1. The van der Waals surface area contributed by atoms with Crippen LogP contribution in [0, 0.1) is 5.82 Å². The summed E-state index contributed by atoms with van der Waals surface area (Å²) in [6.07, 6.45) is 2.44. The number of hydrogen-bond acceptors (Lipinski definition) is 5. The van der Waals surface area contributed by atoms with E-state index in [1.807, 2.05) is 0 Å². The molecule has 0 saturated heterocycles. The first-order valence-electron chi connectivity index (χ1n) is 10.9. The van der Waals surface area contributed by atoms with E-state index < -0.39 is 34.6 Å². The molecular weight excluding hydrogens is 490 g/mol. The molecule has 0 radical (unpaired) electrons. The number of carbonyl (C=O) groups excluding carboxylic acids is 1. The molecule has 0 spiro atoms. The molecule has 3 aromatic heterocycles. The van der Waals surface area contributed by atoms with E-state index in [4.69, 9.17) is 0 Å². The van der Waals surface area contributed by atoms with E-state index in [9.17, 15) is 27.5 Å². The third-order valence-corrected chi connectivity index (χ3v) is 5.69. The van der Waals surface area contributed by atoms with Gasteiger partial charge in [0.2, 0.25) is 0 Å². The van der Waals surface area contributed by atoms with Crippen molar-refractivity contribution >= 4 is 17.2 Å². The van der Waals surface area contributed by atoms with Crippen molar-refractivity contribution in [2.75, 3.05) is 5.32 Å². The summed E-state index contributed by atoms with van der Waals surface area (Å²) in [5, 5.41) is 12.1. The number of fused-ring (bicyclic) bond motifs is 1. The molecular formula is C26H17F4N5O2. The van der Waals surface area contributed by atoms with Gasteiger partial charge in [-0.3, -0.25) is 4.79 Å². The van der Waals surface area contributed by atoms with Gasteiger partial charge in [-0.2, -0.15) is 13.2 Å². The molecule has 37 heavy (non-hydrogen) atoms. The van der Waals surface area contributed by atoms with E-state index in [1.165, 1.54) is 24.7 Å². The molecule has 2 aromatic carbocycles. The predicted octanol–water partition coefficient (Wildman–Crippen LogP) is 5.36. The lowest BCUT2D eigenvalue weighted by atomic mass is 10.00. The number of anilines is 1. The highest BCUT2D eigenvalue weighted by molar-refractivity contribution is 6.09. The number of pyridine rings is 1. The van der Waals surface area contributed by atoms with Gasteiger partial charge in [-0.1, -0.05) is 18.2 Å². The zero-order chi connectivity index (χ0) is 26.2. The van der Waals surface area contributed by atoms with Crippen molar-refractivity contribution in [1.29, 1.82) is 0 Å². The van der Waals surface area contributed by atoms with Gasteiger partial charge in [0.15, 0.2) is 11.5 Å². The summed E-state index contributed by atoms with van der Waals surface area (Å²) in [6, 6.07) is 11.1. The Morgan fingerprint density at radius 2 is 1.73 bits per heavy atom. The standard InChI is InChI=1S/C26H17F4N5O2/c27-21-13-20(26(28,29)30)18(23-31-6-2-7-32-23)12-19(21)25(37)34-22-17(5-9-35-10-8-33-24(22)35)16-4-1-3-15(11-16)14-36/h1-13,36H,14H2,(H,34,37). The molecule has 1 amide bonds. The molecule has 0 aliphatic rings. The summed E-state index contributed by atoms with van der Waals surface area (Å²) >= 11 is 0. The highest BCUT2D eigenvalue weighted by Crippen LogP contribution is 2.38. The minimum absolute atomic E-state index is 0.206. The van der Waals surface area contributed by atoms with E-state index in [0.717, 1.165) is 6.07 Å². The molecule has 5 rings (SSSR count). The molecule has 0 unspecified atom stereocenters. The van der Waals surface area contributed by atoms with Crippen molar-refractivity contribution in [3.8, 4) is 22.5 Å². The number of halogens is 4. The van der Waals surface area contributed by atoms with Crippen LogP contribution < -0.4 is 5.32 Å². The first-order valence-corrected chi connectivity index (χ1v) is 10.9. The van der Waals surface area contributed by atoms with E-state index in [2.05, 4.69) is 20.3 Å². The molecule has 2 N–H and O–H groups in total. The predicted molar refractivity (Wildman–Crippen MR) is 127 cm³/mol. The Labute approximate surface area is 207 Å². The number of aliphatic hydroxyl groups is 1. The SMILES string of the molecule is O=C(Nc1c(-c2cccc(CO)c2)ccn2ccnc12)c1cc(-c2ncccn2)c(C(F)(F)F)cc1F. The second-order valence-electron chi connectivity index (χ2n) is 8.02. The smallest absolute Gasteiger partial charge is 0.392 e. The van der Waals surface area contributed by atoms with Crippen LogP contribution in [-0.2, 0) is 12.8 Å². The third kappa shape index (κ3) is 4.64. The molecule has 186 valence electrons. The maximum Gasteiger partial charge on any atom is 0.417 e. The molecule has 7 nitrogen and oxygen atoms in total. The zero-order valence-electron chi connectivity index (χ0n) is 18.9. The number of hydrogen-bond donors (Lipinski definition) is 2. The molecule has 0 aliphatic heterocycles. The van der Waals surface area contributed by atoms with Gasteiger partial charge in [0, 0.05) is 42.1 Å². The third-order valence-electron chi connectivity index (χ3n) is 5.69. The molecule has 0 aliphatic carbocycles. The van der Waals surface area contributed by atoms with Crippen molar-refractivity contribution in [3.63, 3.8) is 0 Å². The lowest BCUT2D eigenvalue weighted by molar-refractivity contribution is -0.137. The van der Waals surface area contributed by atoms with Crippen LogP contribution in [0.4, 0.5) is 23.2 Å². The van der Waals surface area contributed by atoms with Crippen LogP contribution in [0.25, 0.3) is 28.2 Å². The Morgan fingerprint density at radius 3 is 2.46 bits per heavy atom. The number of benzene rings is 2. The average Bonchev–Trinajstić information content (AvgIpc) is 3.38. The fraction of sp³-hybridized carbons (Fsp3) is 0.0769. The van der Waals surface area contributed by atoms with Gasteiger partial charge in [-0.15, -0.1) is 0 Å². The van der Waals surface area contributed by atoms with Crippen molar-refractivity contribution in [2.45, 2.75) is 12.8 Å². The van der Waals surface area contributed by atoms with Crippen molar-refractivity contribution < 1.29 is 27.5 Å². The normalized spacial score (nSPS) is 11.6. The minimum Gasteiger partial charge on any atom is -0.392 e. The molecule has 5 aromatic rings. The second kappa shape index (κ2) is 9.43. The van der Waals surface area contributed by atoms with E-state index in [-0.39, 0.29) is 24.2 Å². The number of rotatable bonds is 5. The minimum atomic E-state index is -4.91. The number of imidazole rings is 1. The monoisotopic (exact) mass is 507 g/mol. The first-order chi connectivity index (χ1) is 17.8. The Morgan fingerprint density at radius 1 is 0.946 bits per heavy atom. The topological polar surface area (TPSA) is 92.4 Å². The van der Waals surface area contributed by atoms with Crippen molar-refractivity contribution in [3.05, 3.63) is 102 Å². The van der Waals surface area contributed by atoms with Gasteiger partial charge < -0.3 is 14.8 Å². The van der Waals surface area contributed by atoms with Crippen LogP contribution >= 0.6 is 0 Å². The lowest BCUT2D eigenvalue weighted by Crippen LogP contribution is -2.18. The Hall–Kier alpha value is -4.64. The van der Waals surface area contributed by atoms with Crippen LogP contribution in [0.2, 0.25) is 0 Å². The van der Waals surface area contributed by atoms with Gasteiger partial charge in [-0.05, 0) is 41.5 Å². The fourth-order valence-electron chi connectivity index (χ4n) is 3.97. The number of nitrogens with one attached hydrogen (secondary N) is 1. The number of aliphatic hydroxyl groups excluding tert-OH is 1. The van der Waals surface area contributed by atoms with Gasteiger partial charge >= 0.3 is 6.18 Å². The highest BCUT2D eigenvalue weighted by Gasteiger charge is 2.36. The number of amides is 1. The summed E-state index contributed by atoms with van der Waals surface area (Å²) < 4.78 is 57.6. The fourth-order valence-corrected chi connectivity index (χ4v) is 3.97. The quantitative estimate of drug-likeness (QED) is 0.313. The van der Waals surface area contributed by atoms with E-state index in [0.29, 0.717) is 22.3 Å². The van der Waals surface area contributed by atoms with Crippen LogP contribution in [0.3, 0.4) is 0 Å². The van der Waals surface area contributed by atoms with E-state index >= 15 is 0 Å². The summed E-state index contributed by atoms with van der Waals surface area (Å²) in [4.78, 5) is 25.3. The van der Waals surface area contributed by atoms with E-state index in [1.54, 1.807) is 47.1 Å².